The number of aromatic hydroxyl groups is 1. The third kappa shape index (κ3) is 42.2. The number of nitrogens with one attached hydrogen (secondary N) is 9. The molecule has 39 nitrogen and oxygen atoms in total. The van der Waals surface area contributed by atoms with Crippen LogP contribution in [0.25, 0.3) is 0 Å². The van der Waals surface area contributed by atoms with Crippen LogP contribution in [0.3, 0.4) is 0 Å². The Morgan fingerprint density at radius 1 is 0.395 bits per heavy atom. The summed E-state index contributed by atoms with van der Waals surface area (Å²) in [5, 5.41) is 65.7. The zero-order valence-electron chi connectivity index (χ0n) is 89.8. The first kappa shape index (κ1) is 121. The van der Waals surface area contributed by atoms with E-state index in [9.17, 15) is 63.6 Å². The van der Waals surface area contributed by atoms with Crippen molar-refractivity contribution in [1.29, 1.82) is 0 Å². The number of aromatic nitrogens is 1. The highest BCUT2D eigenvalue weighted by Gasteiger charge is 2.46. The van der Waals surface area contributed by atoms with Crippen molar-refractivity contribution in [3.63, 3.8) is 0 Å². The highest BCUT2D eigenvalue weighted by molar-refractivity contribution is 6.74. The number of phenolic OH excluding ortho intramolecular Hbond substituents is 1. The van der Waals surface area contributed by atoms with Gasteiger partial charge in [-0.2, -0.15) is 0 Å². The van der Waals surface area contributed by atoms with Gasteiger partial charge in [0, 0.05) is 51.7 Å². The van der Waals surface area contributed by atoms with E-state index in [1.54, 1.807) is 155 Å². The molecular weight excluding hydrogens is 1910 g/mol. The number of hydrazine groups is 3. The van der Waals surface area contributed by atoms with Gasteiger partial charge in [-0.3, -0.25) is 35.6 Å². The fourth-order valence-electron chi connectivity index (χ4n) is 15.1. The SMILES string of the molecule is COC(=O)NC(C(=O)NN(Cc1ccc(O)cc1)C[C@H](O)[C@H](Cc1ccc(OC)cc1)NC(=O)OC(C)(C)C)C(C)(C)C.COC(=O)NC(C(=O)NN(Cc1ccc(OCc2ccncc2)cc1)C[C@H](O)[C@H](Cc1ccc(OC)cc1)NC(=O)O[C@H]1CO[C@H]2OCC[C@H]21)C(C)(C)C.COC(=O)NC(C(=O)NN(Cc1ccc(O[Si](C)(C)C(C)(C)C)cc1)C[C@H](O)[C@H](Cc1ccc(OC)cc1)NC(=O)OC(C)(C)C)C(C)(C)C. The molecule has 0 radical (unpaired) electrons. The van der Waals surface area contributed by atoms with Crippen molar-refractivity contribution in [3.8, 4) is 34.5 Å². The average molecular weight is 2070 g/mol. The maximum absolute atomic E-state index is 13.8. The molecule has 13 N–H and O–H groups in total. The van der Waals surface area contributed by atoms with Crippen molar-refractivity contribution >= 4 is 62.6 Å². The molecule has 9 rings (SSSR count). The van der Waals surface area contributed by atoms with Crippen LogP contribution in [0.2, 0.25) is 18.1 Å². The van der Waals surface area contributed by atoms with Crippen LogP contribution in [0.4, 0.5) is 28.8 Å². The Hall–Kier alpha value is -12.8. The number of amides is 9. The summed E-state index contributed by atoms with van der Waals surface area (Å²) >= 11 is 0. The average Bonchev–Trinajstić information content (AvgIpc) is 1.62. The summed E-state index contributed by atoms with van der Waals surface area (Å²) in [6.07, 6.45) is -3.95. The molecule has 2 aliphatic rings. The number of carbonyl (C=O) groups is 9. The lowest BCUT2D eigenvalue weighted by Crippen LogP contribution is -2.59. The number of alkyl carbamates (subject to hydrolysis) is 6. The summed E-state index contributed by atoms with van der Waals surface area (Å²) in [6.45, 7) is 39.0. The number of benzene rings is 6. The van der Waals surface area contributed by atoms with Crippen molar-refractivity contribution in [2.75, 3.05) is 75.5 Å². The van der Waals surface area contributed by atoms with E-state index in [0.717, 1.165) is 44.7 Å². The van der Waals surface area contributed by atoms with Crippen LogP contribution in [0, 0.1) is 22.2 Å². The van der Waals surface area contributed by atoms with Gasteiger partial charge in [0.15, 0.2) is 6.29 Å². The zero-order chi connectivity index (χ0) is 109. The normalized spacial score (nSPS) is 16.1. The van der Waals surface area contributed by atoms with E-state index in [0.29, 0.717) is 42.6 Å². The number of hydrogen-bond acceptors (Lipinski definition) is 30. The lowest BCUT2D eigenvalue weighted by atomic mass is 9.86. The molecule has 0 saturated carbocycles. The molecule has 12 atom stereocenters. The van der Waals surface area contributed by atoms with Gasteiger partial charge in [-0.1, -0.05) is 156 Å². The van der Waals surface area contributed by atoms with Crippen molar-refractivity contribution in [3.05, 3.63) is 209 Å². The number of hydrogen-bond donors (Lipinski definition) is 13. The first-order valence-electron chi connectivity index (χ1n) is 48.8. The van der Waals surface area contributed by atoms with Crippen molar-refractivity contribution < 1.29 is 125 Å². The van der Waals surface area contributed by atoms with Gasteiger partial charge in [0.05, 0.1) is 98.2 Å². The van der Waals surface area contributed by atoms with Crippen LogP contribution in [0.5, 0.6) is 34.5 Å². The standard InChI is InChI=1S/C39H51N5O10.C37H60N4O8Si.C31H46N4O8/c1-39(2,3)34(42-37(47)50-5)35(46)43-44(21-26-8-12-29(13-9-26)52-23-27-14-17-40-18-15-27)22-32(45)31(20-25-6-10-28(49-4)11-7-25)41-38(48)54-33-24-53-36-30(33)16-19-51-36;1-35(2,3)31(39-33(44)47-11)32(43)40-41(23-26-16-20-28(21-17-26)49-50(12,13)37(7,8)9)24-30(42)29(38-34(45)48-36(4,5)6)22-25-14-18-27(46-10)19-15-25;1-30(2,3)26(33-28(39)42-8)27(38)34-35(18-21-9-13-22(36)14-10-21)19-25(37)24(32-29(40)43-31(4,5)6)17-20-11-15-23(41-7)16-12-20/h6-15,17-18,30-34,36,45H,16,19-24H2,1-5H3,(H,41,48)(H,42,47)(H,43,46);14-21,29-31,42H,22-24H2,1-13H3,(H,38,45)(H,39,44)(H,40,43);9-16,24-26,36-37H,17-19H2,1-8H3,(H,32,40)(H,33,39)(H,34,38)/t30-,31-,32-,33-,34?,36+;29-,30-,31?;24-,25-,26?/m000/s1. The fraction of sp³-hybridized carbons (Fsp3) is 0.533. The molecule has 6 aromatic carbocycles. The Balaban J connectivity index is 0.000000301. The third-order valence-corrected chi connectivity index (χ3v) is 28.5. The molecule has 7 aromatic rings. The number of phenols is 1. The molecule has 2 saturated heterocycles. The van der Waals surface area contributed by atoms with Gasteiger partial charge >= 0.3 is 36.6 Å². The van der Waals surface area contributed by atoms with Gasteiger partial charge < -0.3 is 114 Å². The number of pyridine rings is 1. The number of rotatable bonds is 42. The van der Waals surface area contributed by atoms with Crippen LogP contribution in [-0.2, 0) is 97.8 Å². The maximum atomic E-state index is 13.8. The summed E-state index contributed by atoms with van der Waals surface area (Å²) in [4.78, 5) is 121. The van der Waals surface area contributed by atoms with Crippen molar-refractivity contribution in [2.24, 2.45) is 22.2 Å². The molecule has 3 unspecified atom stereocenters. The summed E-state index contributed by atoms with van der Waals surface area (Å²) in [7, 11) is 6.31. The number of aliphatic hydroxyl groups excluding tert-OH is 3. The van der Waals surface area contributed by atoms with E-state index in [-0.39, 0.29) is 81.8 Å². The van der Waals surface area contributed by atoms with Crippen molar-refractivity contribution in [1.82, 2.24) is 68.2 Å². The molecule has 2 fully saturated rings. The number of ether oxygens (including phenoxy) is 12. The smallest absolute Gasteiger partial charge is 0.407 e. The number of methoxy groups -OCH3 is 6. The zero-order valence-corrected chi connectivity index (χ0v) is 90.8. The van der Waals surface area contributed by atoms with Gasteiger partial charge in [-0.15, -0.1) is 0 Å². The second kappa shape index (κ2) is 55.8. The Kier molecular flexibility index (Phi) is 46.0. The Morgan fingerprint density at radius 3 is 1.02 bits per heavy atom. The van der Waals surface area contributed by atoms with E-state index < -0.39 is 157 Å². The molecule has 0 spiro atoms. The van der Waals surface area contributed by atoms with E-state index in [1.807, 2.05) is 139 Å². The van der Waals surface area contributed by atoms with E-state index in [4.69, 9.17) is 61.3 Å². The van der Waals surface area contributed by atoms with E-state index in [1.165, 1.54) is 38.5 Å². The van der Waals surface area contributed by atoms with Crippen LogP contribution in [0.1, 0.15) is 170 Å². The predicted molar refractivity (Wildman–Crippen MR) is 555 cm³/mol. The molecular formula is C107H157N13O26Si. The van der Waals surface area contributed by atoms with Crippen LogP contribution >= 0.6 is 0 Å². The fourth-order valence-corrected chi connectivity index (χ4v) is 16.2. The van der Waals surface area contributed by atoms with E-state index in [2.05, 4.69) is 87.0 Å². The van der Waals surface area contributed by atoms with Gasteiger partial charge in [-0.05, 0) is 225 Å². The molecule has 147 heavy (non-hydrogen) atoms. The number of aliphatic hydroxyl groups is 3. The van der Waals surface area contributed by atoms with Crippen molar-refractivity contribution in [2.45, 2.75) is 273 Å². The van der Waals surface area contributed by atoms with E-state index >= 15 is 0 Å². The minimum Gasteiger partial charge on any atom is -0.544 e. The predicted octanol–water partition coefficient (Wildman–Crippen LogP) is 13.4. The molecule has 3 heterocycles. The highest BCUT2D eigenvalue weighted by atomic mass is 28.4. The molecule has 810 valence electrons. The minimum absolute atomic E-state index is 0.0282. The van der Waals surface area contributed by atoms with Gasteiger partial charge in [0.25, 0.3) is 17.7 Å². The minimum atomic E-state index is -2.06. The summed E-state index contributed by atoms with van der Waals surface area (Å²) < 4.78 is 70.4. The Bertz CT molecular complexity index is 5270. The number of carbonyl (C=O) groups excluding carboxylic acids is 9. The van der Waals surface area contributed by atoms with Gasteiger partial charge in [0.2, 0.25) is 8.32 Å². The highest BCUT2D eigenvalue weighted by Crippen LogP contribution is 2.39. The molecule has 9 amide bonds. The first-order valence-corrected chi connectivity index (χ1v) is 51.8. The molecule has 0 bridgehead atoms. The lowest BCUT2D eigenvalue weighted by molar-refractivity contribution is -0.132. The van der Waals surface area contributed by atoms with Crippen LogP contribution in [-0.4, -0.2) is 257 Å². The maximum Gasteiger partial charge on any atom is 0.407 e. The second-order valence-electron chi connectivity index (χ2n) is 42.9. The van der Waals surface area contributed by atoms with Crippen LogP contribution < -0.4 is 71.6 Å². The lowest BCUT2D eigenvalue weighted by Gasteiger charge is -2.36. The summed E-state index contributed by atoms with van der Waals surface area (Å²) in [6, 6.07) is 41.6. The van der Waals surface area contributed by atoms with Gasteiger partial charge in [-0.25, -0.2) is 43.8 Å². The molecule has 40 heteroatoms. The third-order valence-electron chi connectivity index (χ3n) is 24.2. The number of nitrogens with zero attached hydrogens (tertiary/aromatic N) is 4. The first-order chi connectivity index (χ1) is 68.8. The molecule has 0 aliphatic carbocycles. The Morgan fingerprint density at radius 2 is 0.707 bits per heavy atom. The number of fused-ring (bicyclic) bond motifs is 1. The molecule has 1 aromatic heterocycles. The largest absolute Gasteiger partial charge is 0.544 e. The topological polar surface area (TPSA) is 485 Å². The quantitative estimate of drug-likeness (QED) is 0.00960. The van der Waals surface area contributed by atoms with Gasteiger partial charge in [0.1, 0.15) is 76.5 Å². The second-order valence-corrected chi connectivity index (χ2v) is 47.6. The molecule has 2 aliphatic heterocycles. The summed E-state index contributed by atoms with van der Waals surface area (Å²) in [5.74, 6) is 1.87. The Labute approximate surface area is 865 Å². The van der Waals surface area contributed by atoms with Crippen LogP contribution in [0.15, 0.2) is 170 Å². The summed E-state index contributed by atoms with van der Waals surface area (Å²) in [5.41, 5.74) is 10.9. The monoisotopic (exact) mass is 2070 g/mol.